The van der Waals surface area contributed by atoms with E-state index in [9.17, 15) is 4.79 Å². The molecule has 0 aliphatic heterocycles. The van der Waals surface area contributed by atoms with E-state index in [-0.39, 0.29) is 5.91 Å². The summed E-state index contributed by atoms with van der Waals surface area (Å²) in [4.78, 5) is 13.2. The van der Waals surface area contributed by atoms with Gasteiger partial charge in [0.15, 0.2) is 0 Å². The highest BCUT2D eigenvalue weighted by Crippen LogP contribution is 2.43. The Bertz CT molecular complexity index is 795. The van der Waals surface area contributed by atoms with Gasteiger partial charge in [-0.3, -0.25) is 4.79 Å². The van der Waals surface area contributed by atoms with E-state index in [4.69, 9.17) is 11.6 Å². The van der Waals surface area contributed by atoms with E-state index in [1.54, 1.807) is 4.68 Å². The van der Waals surface area contributed by atoms with Gasteiger partial charge in [-0.1, -0.05) is 30.7 Å². The summed E-state index contributed by atoms with van der Waals surface area (Å²) in [6, 6.07) is 5.79. The van der Waals surface area contributed by atoms with Crippen LogP contribution in [0, 0.1) is 3.70 Å². The Kier molecular flexibility index (Phi) is 4.00. The molecule has 5 heteroatoms. The summed E-state index contributed by atoms with van der Waals surface area (Å²) >= 11 is 8.66. The van der Waals surface area contributed by atoms with Crippen LogP contribution in [0.25, 0.3) is 0 Å². The maximum absolute atomic E-state index is 13.2. The van der Waals surface area contributed by atoms with Crippen LogP contribution in [0.1, 0.15) is 71.6 Å². The summed E-state index contributed by atoms with van der Waals surface area (Å²) in [7, 11) is 0. The molecule has 1 aromatic carbocycles. The number of rotatable bonds is 2. The van der Waals surface area contributed by atoms with E-state index in [0.717, 1.165) is 40.6 Å². The lowest BCUT2D eigenvalue weighted by atomic mass is 9.88. The lowest BCUT2D eigenvalue weighted by molar-refractivity contribution is 0.0939. The summed E-state index contributed by atoms with van der Waals surface area (Å²) in [5.41, 5.74) is 4.08. The normalized spacial score (nSPS) is 20.4. The fourth-order valence-corrected chi connectivity index (χ4v) is 4.98. The second kappa shape index (κ2) is 5.88. The molecular formula is C18H18ClIN2O. The number of carbonyl (C=O) groups excluding carboxylic acids is 1. The molecule has 3 nitrogen and oxygen atoms in total. The van der Waals surface area contributed by atoms with E-state index in [1.165, 1.54) is 12.0 Å². The van der Waals surface area contributed by atoms with Gasteiger partial charge in [0.25, 0.3) is 5.91 Å². The van der Waals surface area contributed by atoms with E-state index in [2.05, 4.69) is 34.6 Å². The Balaban J connectivity index is 1.84. The van der Waals surface area contributed by atoms with Crippen molar-refractivity contribution in [1.29, 1.82) is 0 Å². The molecule has 120 valence electrons. The van der Waals surface area contributed by atoms with Crippen LogP contribution >= 0.6 is 34.2 Å². The summed E-state index contributed by atoms with van der Waals surface area (Å²) in [6.45, 7) is 2.22. The maximum atomic E-state index is 13.2. The zero-order valence-corrected chi connectivity index (χ0v) is 15.9. The smallest absolute Gasteiger partial charge is 0.267 e. The number of hydrogen-bond acceptors (Lipinski definition) is 2. The maximum Gasteiger partial charge on any atom is 0.280 e. The third-order valence-electron chi connectivity index (χ3n) is 4.99. The minimum absolute atomic E-state index is 0.0641. The first-order valence-electron chi connectivity index (χ1n) is 8.18. The Morgan fingerprint density at radius 1 is 1.35 bits per heavy atom. The first-order valence-corrected chi connectivity index (χ1v) is 9.64. The van der Waals surface area contributed by atoms with Gasteiger partial charge in [-0.05, 0) is 78.2 Å². The number of aromatic nitrogens is 2. The zero-order chi connectivity index (χ0) is 16.1. The van der Waals surface area contributed by atoms with Crippen LogP contribution in [0.3, 0.4) is 0 Å². The standard InChI is InChI=1S/C18H18ClIN2O/c1-10-4-2-7-14-15(10)17(20)21-22(14)18(23)16-12(11-8-9-11)5-3-6-13(16)19/h3,5-6,10-11H,2,4,7-9H2,1H3. The second-order valence-corrected chi connectivity index (χ2v) is 8.07. The molecule has 1 fully saturated rings. The predicted octanol–water partition coefficient (Wildman–Crippen LogP) is 5.15. The van der Waals surface area contributed by atoms with E-state index >= 15 is 0 Å². The van der Waals surface area contributed by atoms with Gasteiger partial charge in [-0.25, -0.2) is 0 Å². The van der Waals surface area contributed by atoms with Gasteiger partial charge in [-0.15, -0.1) is 0 Å². The van der Waals surface area contributed by atoms with Gasteiger partial charge < -0.3 is 0 Å². The molecule has 0 spiro atoms. The lowest BCUT2D eigenvalue weighted by Gasteiger charge is -2.20. The largest absolute Gasteiger partial charge is 0.280 e. The van der Waals surface area contributed by atoms with Crippen LogP contribution in [-0.4, -0.2) is 15.7 Å². The number of nitrogens with zero attached hydrogens (tertiary/aromatic N) is 2. The molecule has 0 radical (unpaired) electrons. The molecule has 0 saturated heterocycles. The minimum atomic E-state index is -0.0641. The van der Waals surface area contributed by atoms with Gasteiger partial charge in [0, 0.05) is 5.56 Å². The van der Waals surface area contributed by atoms with Crippen molar-refractivity contribution in [2.75, 3.05) is 0 Å². The molecule has 0 amide bonds. The number of benzene rings is 1. The average molecular weight is 441 g/mol. The highest BCUT2D eigenvalue weighted by molar-refractivity contribution is 14.1. The fourth-order valence-electron chi connectivity index (χ4n) is 3.66. The van der Waals surface area contributed by atoms with E-state index in [1.807, 2.05) is 18.2 Å². The van der Waals surface area contributed by atoms with Crippen molar-refractivity contribution in [3.05, 3.63) is 49.3 Å². The van der Waals surface area contributed by atoms with Crippen LogP contribution in [0.5, 0.6) is 0 Å². The Hall–Kier alpha value is -0.880. The van der Waals surface area contributed by atoms with Crippen molar-refractivity contribution in [2.24, 2.45) is 0 Å². The van der Waals surface area contributed by atoms with Crippen molar-refractivity contribution in [3.63, 3.8) is 0 Å². The van der Waals surface area contributed by atoms with Crippen LogP contribution in [0.2, 0.25) is 5.02 Å². The monoisotopic (exact) mass is 440 g/mol. The van der Waals surface area contributed by atoms with Gasteiger partial charge in [0.2, 0.25) is 0 Å². The minimum Gasteiger partial charge on any atom is -0.267 e. The third-order valence-corrected chi connectivity index (χ3v) is 6.10. The van der Waals surface area contributed by atoms with Crippen LogP contribution < -0.4 is 0 Å². The van der Waals surface area contributed by atoms with Crippen LogP contribution in [0.4, 0.5) is 0 Å². The van der Waals surface area contributed by atoms with Gasteiger partial charge in [0.05, 0.1) is 16.3 Å². The molecule has 2 aromatic rings. The Morgan fingerprint density at radius 2 is 2.13 bits per heavy atom. The summed E-state index contributed by atoms with van der Waals surface area (Å²) < 4.78 is 2.58. The highest BCUT2D eigenvalue weighted by atomic mass is 127. The first-order chi connectivity index (χ1) is 11.1. The molecule has 4 rings (SSSR count). The molecule has 0 bridgehead atoms. The van der Waals surface area contributed by atoms with Crippen LogP contribution in [0.15, 0.2) is 18.2 Å². The molecule has 1 saturated carbocycles. The quantitative estimate of drug-likeness (QED) is 0.606. The molecule has 1 aromatic heterocycles. The molecule has 1 unspecified atom stereocenters. The molecule has 2 aliphatic rings. The SMILES string of the molecule is CC1CCCc2c1c(I)nn2C(=O)c1c(Cl)cccc1C1CC1. The molecule has 1 atom stereocenters. The predicted molar refractivity (Wildman–Crippen MR) is 99.5 cm³/mol. The second-order valence-electron chi connectivity index (χ2n) is 6.64. The Labute approximate surface area is 154 Å². The highest BCUT2D eigenvalue weighted by Gasteiger charge is 2.33. The van der Waals surface area contributed by atoms with Crippen molar-refractivity contribution in [2.45, 2.75) is 50.9 Å². The molecule has 2 aliphatic carbocycles. The summed E-state index contributed by atoms with van der Waals surface area (Å²) in [6.07, 6.45) is 5.49. The van der Waals surface area contributed by atoms with Crippen molar-refractivity contribution in [1.82, 2.24) is 9.78 Å². The van der Waals surface area contributed by atoms with Crippen molar-refractivity contribution < 1.29 is 4.79 Å². The summed E-state index contributed by atoms with van der Waals surface area (Å²) in [5, 5.41) is 5.12. The number of fused-ring (bicyclic) bond motifs is 1. The molecule has 0 N–H and O–H groups in total. The van der Waals surface area contributed by atoms with Gasteiger partial charge in [-0.2, -0.15) is 9.78 Å². The van der Waals surface area contributed by atoms with Gasteiger partial charge in [0.1, 0.15) is 3.70 Å². The number of hydrogen-bond donors (Lipinski definition) is 0. The molecular weight excluding hydrogens is 423 g/mol. The summed E-state index contributed by atoms with van der Waals surface area (Å²) in [5.74, 6) is 0.893. The topological polar surface area (TPSA) is 34.9 Å². The fraction of sp³-hybridized carbons (Fsp3) is 0.444. The van der Waals surface area contributed by atoms with Crippen LogP contribution in [-0.2, 0) is 6.42 Å². The number of halogens is 2. The molecule has 1 heterocycles. The molecule has 23 heavy (non-hydrogen) atoms. The first kappa shape index (κ1) is 15.6. The average Bonchev–Trinajstić information content (AvgIpc) is 3.31. The lowest BCUT2D eigenvalue weighted by Crippen LogP contribution is -2.20. The van der Waals surface area contributed by atoms with E-state index < -0.39 is 0 Å². The van der Waals surface area contributed by atoms with Crippen molar-refractivity contribution >= 4 is 40.1 Å². The third kappa shape index (κ3) is 2.64. The van der Waals surface area contributed by atoms with Gasteiger partial charge >= 0.3 is 0 Å². The van der Waals surface area contributed by atoms with Crippen molar-refractivity contribution in [3.8, 4) is 0 Å². The number of carbonyl (C=O) groups is 1. The zero-order valence-electron chi connectivity index (χ0n) is 13.0. The van der Waals surface area contributed by atoms with E-state index in [0.29, 0.717) is 22.4 Å². The Morgan fingerprint density at radius 3 is 2.87 bits per heavy atom.